The van der Waals surface area contributed by atoms with Gasteiger partial charge in [-0.1, -0.05) is 18.7 Å². The molecule has 0 bridgehead atoms. The third-order valence-corrected chi connectivity index (χ3v) is 5.46. The summed E-state index contributed by atoms with van der Waals surface area (Å²) in [7, 11) is 0. The molecule has 26 heavy (non-hydrogen) atoms. The van der Waals surface area contributed by atoms with Gasteiger partial charge in [0.05, 0.1) is 5.52 Å². The van der Waals surface area contributed by atoms with Crippen LogP contribution in [0, 0.1) is 13.8 Å². The Morgan fingerprint density at radius 2 is 1.88 bits per heavy atom. The van der Waals surface area contributed by atoms with Crippen LogP contribution in [0.1, 0.15) is 43.3 Å². The van der Waals surface area contributed by atoms with Crippen molar-refractivity contribution in [1.29, 1.82) is 0 Å². The van der Waals surface area contributed by atoms with E-state index in [1.807, 2.05) is 13.0 Å². The highest BCUT2D eigenvalue weighted by Crippen LogP contribution is 2.27. The van der Waals surface area contributed by atoms with Gasteiger partial charge in [-0.15, -0.1) is 0 Å². The van der Waals surface area contributed by atoms with E-state index in [4.69, 9.17) is 10.7 Å². The smallest absolute Gasteiger partial charge is 0.187 e. The van der Waals surface area contributed by atoms with Gasteiger partial charge in [0.15, 0.2) is 11.0 Å². The van der Waals surface area contributed by atoms with E-state index in [-0.39, 0.29) is 0 Å². The van der Waals surface area contributed by atoms with Gasteiger partial charge in [-0.25, -0.2) is 19.9 Å². The molecular formula is C19H26N6S. The topological polar surface area (TPSA) is 82.5 Å². The minimum Gasteiger partial charge on any atom is -0.382 e. The molecule has 2 N–H and O–H groups in total. The first-order valence-electron chi connectivity index (χ1n) is 9.13. The van der Waals surface area contributed by atoms with Gasteiger partial charge in [-0.05, 0) is 44.7 Å². The van der Waals surface area contributed by atoms with Gasteiger partial charge in [-0.2, -0.15) is 0 Å². The third-order valence-electron chi connectivity index (χ3n) is 4.50. The molecular weight excluding hydrogens is 344 g/mol. The second kappa shape index (κ2) is 8.49. The number of nitrogens with zero attached hydrogens (tertiary/aromatic N) is 5. The number of hydrogen-bond acceptors (Lipinski definition) is 6. The highest BCUT2D eigenvalue weighted by Gasteiger charge is 2.16. The molecule has 138 valence electrons. The number of pyridine rings is 1. The zero-order valence-corrected chi connectivity index (χ0v) is 16.5. The Labute approximate surface area is 158 Å². The molecule has 0 fully saturated rings. The number of thioether (sulfide) groups is 1. The van der Waals surface area contributed by atoms with Crippen molar-refractivity contribution in [2.75, 3.05) is 11.5 Å². The number of nitrogens with two attached hydrogens (primary N) is 1. The first-order chi connectivity index (χ1) is 12.6. The van der Waals surface area contributed by atoms with E-state index in [0.717, 1.165) is 65.7 Å². The second-order valence-corrected chi connectivity index (χ2v) is 7.48. The van der Waals surface area contributed by atoms with Gasteiger partial charge in [0, 0.05) is 36.8 Å². The third kappa shape index (κ3) is 3.98. The largest absolute Gasteiger partial charge is 0.382 e. The van der Waals surface area contributed by atoms with Crippen molar-refractivity contribution < 1.29 is 0 Å². The molecule has 3 aromatic rings. The molecule has 0 aromatic carbocycles. The summed E-state index contributed by atoms with van der Waals surface area (Å²) in [6.45, 7) is 7.25. The number of hydrogen-bond donors (Lipinski definition) is 1. The van der Waals surface area contributed by atoms with E-state index in [9.17, 15) is 0 Å². The Morgan fingerprint density at radius 3 is 2.62 bits per heavy atom. The van der Waals surface area contributed by atoms with Gasteiger partial charge < -0.3 is 10.3 Å². The van der Waals surface area contributed by atoms with Crippen LogP contribution < -0.4 is 5.73 Å². The Balaban J connectivity index is 1.72. The van der Waals surface area contributed by atoms with Crippen LogP contribution in [0.25, 0.3) is 11.0 Å². The average Bonchev–Trinajstić information content (AvgIpc) is 3.00. The molecule has 0 aliphatic carbocycles. The van der Waals surface area contributed by atoms with Gasteiger partial charge in [0.1, 0.15) is 11.3 Å². The lowest BCUT2D eigenvalue weighted by atomic mass is 10.2. The predicted molar refractivity (Wildman–Crippen MR) is 107 cm³/mol. The van der Waals surface area contributed by atoms with E-state index in [1.165, 1.54) is 5.56 Å². The molecule has 3 rings (SSSR count). The summed E-state index contributed by atoms with van der Waals surface area (Å²) in [5.74, 6) is 2.67. The van der Waals surface area contributed by atoms with Crippen molar-refractivity contribution in [1.82, 2.24) is 24.5 Å². The van der Waals surface area contributed by atoms with Crippen LogP contribution in [-0.2, 0) is 13.0 Å². The Hall–Kier alpha value is -2.15. The molecule has 0 spiro atoms. The van der Waals surface area contributed by atoms with Gasteiger partial charge in [-0.3, -0.25) is 0 Å². The molecule has 0 unspecified atom stereocenters. The van der Waals surface area contributed by atoms with Crippen molar-refractivity contribution in [2.45, 2.75) is 58.2 Å². The summed E-state index contributed by atoms with van der Waals surface area (Å²) in [6, 6.07) is 1.84. The zero-order valence-electron chi connectivity index (χ0n) is 15.7. The fourth-order valence-electron chi connectivity index (χ4n) is 3.10. The lowest BCUT2D eigenvalue weighted by Crippen LogP contribution is -2.06. The standard InChI is InChI=1S/C19H26N6S/c1-4-8-15-24-16-17(13(2)14(3)23-18(16)20)25(15)11-5-6-12-26-19-21-9-7-10-22-19/h7,9-10H,4-6,8,11-12H2,1-3H3,(H2,20,23). The molecule has 7 heteroatoms. The molecule has 0 aliphatic rings. The summed E-state index contributed by atoms with van der Waals surface area (Å²) in [4.78, 5) is 17.7. The van der Waals surface area contributed by atoms with Crippen LogP contribution in [-0.4, -0.2) is 30.3 Å². The van der Waals surface area contributed by atoms with Crippen molar-refractivity contribution in [3.8, 4) is 0 Å². The minimum atomic E-state index is 0.538. The Kier molecular flexibility index (Phi) is 6.08. The molecule has 0 radical (unpaired) electrons. The number of aryl methyl sites for hydroxylation is 4. The minimum absolute atomic E-state index is 0.538. The van der Waals surface area contributed by atoms with Crippen LogP contribution in [0.3, 0.4) is 0 Å². The monoisotopic (exact) mass is 370 g/mol. The van der Waals surface area contributed by atoms with E-state index in [2.05, 4.69) is 33.4 Å². The average molecular weight is 371 g/mol. The number of nitrogen functional groups attached to an aromatic ring is 1. The first-order valence-corrected chi connectivity index (χ1v) is 10.1. The quantitative estimate of drug-likeness (QED) is 0.367. The molecule has 0 amide bonds. The SMILES string of the molecule is CCCc1nc2c(N)nc(C)c(C)c2n1CCCCSc1ncccn1. The lowest BCUT2D eigenvalue weighted by molar-refractivity contribution is 0.612. The highest BCUT2D eigenvalue weighted by molar-refractivity contribution is 7.99. The maximum Gasteiger partial charge on any atom is 0.187 e. The van der Waals surface area contributed by atoms with E-state index in [0.29, 0.717) is 5.82 Å². The molecule has 3 heterocycles. The van der Waals surface area contributed by atoms with E-state index < -0.39 is 0 Å². The zero-order chi connectivity index (χ0) is 18.5. The number of fused-ring (bicyclic) bond motifs is 1. The van der Waals surface area contributed by atoms with Crippen molar-refractivity contribution in [3.05, 3.63) is 35.5 Å². The summed E-state index contributed by atoms with van der Waals surface area (Å²) >= 11 is 1.71. The summed E-state index contributed by atoms with van der Waals surface area (Å²) in [6.07, 6.45) is 7.78. The van der Waals surface area contributed by atoms with Gasteiger partial charge in [0.2, 0.25) is 0 Å². The molecule has 0 saturated carbocycles. The maximum absolute atomic E-state index is 6.14. The predicted octanol–water partition coefficient (Wildman–Crippen LogP) is 3.95. The molecule has 6 nitrogen and oxygen atoms in total. The fourth-order valence-corrected chi connectivity index (χ4v) is 3.90. The normalized spacial score (nSPS) is 11.3. The number of anilines is 1. The molecule has 3 aromatic heterocycles. The molecule has 0 saturated heterocycles. The van der Waals surface area contributed by atoms with Crippen LogP contribution in [0.15, 0.2) is 23.6 Å². The van der Waals surface area contributed by atoms with Crippen molar-refractivity contribution >= 4 is 28.6 Å². The number of rotatable bonds is 8. The van der Waals surface area contributed by atoms with E-state index >= 15 is 0 Å². The van der Waals surface area contributed by atoms with Crippen LogP contribution >= 0.6 is 11.8 Å². The molecule has 0 aliphatic heterocycles. The first kappa shape index (κ1) is 18.6. The summed E-state index contributed by atoms with van der Waals surface area (Å²) in [5.41, 5.74) is 10.3. The molecule has 0 atom stereocenters. The lowest BCUT2D eigenvalue weighted by Gasteiger charge is -2.11. The number of aromatic nitrogens is 5. The van der Waals surface area contributed by atoms with Crippen molar-refractivity contribution in [2.24, 2.45) is 0 Å². The number of unbranched alkanes of at least 4 members (excludes halogenated alkanes) is 1. The number of imidazole rings is 1. The summed E-state index contributed by atoms with van der Waals surface area (Å²) < 4.78 is 2.35. The highest BCUT2D eigenvalue weighted by atomic mass is 32.2. The van der Waals surface area contributed by atoms with E-state index in [1.54, 1.807) is 24.2 Å². The second-order valence-electron chi connectivity index (χ2n) is 6.42. The van der Waals surface area contributed by atoms with Crippen molar-refractivity contribution in [3.63, 3.8) is 0 Å². The van der Waals surface area contributed by atoms with Crippen LogP contribution in [0.4, 0.5) is 5.82 Å². The van der Waals surface area contributed by atoms with Gasteiger partial charge in [0.25, 0.3) is 0 Å². The Morgan fingerprint density at radius 1 is 1.12 bits per heavy atom. The van der Waals surface area contributed by atoms with Crippen LogP contribution in [0.2, 0.25) is 0 Å². The van der Waals surface area contributed by atoms with Crippen LogP contribution in [0.5, 0.6) is 0 Å². The maximum atomic E-state index is 6.14. The fraction of sp³-hybridized carbons (Fsp3) is 0.474. The van der Waals surface area contributed by atoms with Gasteiger partial charge >= 0.3 is 0 Å². The summed E-state index contributed by atoms with van der Waals surface area (Å²) in [5, 5.41) is 0.845. The Bertz CT molecular complexity index is 875.